The highest BCUT2D eigenvalue weighted by Crippen LogP contribution is 2.44. The van der Waals surface area contributed by atoms with E-state index in [0.717, 1.165) is 82.4 Å². The van der Waals surface area contributed by atoms with Crippen molar-refractivity contribution in [1.29, 1.82) is 0 Å². The Hall–Kier alpha value is -2.35. The van der Waals surface area contributed by atoms with Crippen molar-refractivity contribution in [2.24, 2.45) is 5.41 Å². The minimum absolute atomic E-state index is 0.194. The van der Waals surface area contributed by atoms with Gasteiger partial charge in [-0.25, -0.2) is 9.78 Å². The second-order valence-electron chi connectivity index (χ2n) is 9.60. The molecule has 8 heteroatoms. The number of aliphatic hydroxyl groups excluding tert-OH is 1. The van der Waals surface area contributed by atoms with Crippen molar-refractivity contribution in [3.05, 3.63) is 17.8 Å². The van der Waals surface area contributed by atoms with Gasteiger partial charge >= 0.3 is 6.09 Å². The Kier molecular flexibility index (Phi) is 6.88. The van der Waals surface area contributed by atoms with Crippen molar-refractivity contribution in [2.75, 3.05) is 36.5 Å². The lowest BCUT2D eigenvalue weighted by Crippen LogP contribution is -2.47. The van der Waals surface area contributed by atoms with Gasteiger partial charge in [0.25, 0.3) is 0 Å². The zero-order chi connectivity index (χ0) is 22.7. The summed E-state index contributed by atoms with van der Waals surface area (Å²) in [4.78, 5) is 34.1. The maximum absolute atomic E-state index is 13.4. The van der Waals surface area contributed by atoms with Crippen LogP contribution in [0.4, 0.5) is 16.3 Å². The molecule has 2 N–H and O–H groups in total. The molecule has 0 aromatic carbocycles. The Bertz CT molecular complexity index is 829. The van der Waals surface area contributed by atoms with Gasteiger partial charge in [-0.1, -0.05) is 6.92 Å². The first-order chi connectivity index (χ1) is 15.4. The lowest BCUT2D eigenvalue weighted by molar-refractivity contribution is -0.139. The van der Waals surface area contributed by atoms with Crippen molar-refractivity contribution in [1.82, 2.24) is 9.88 Å². The molecule has 3 aliphatic rings. The van der Waals surface area contributed by atoms with Gasteiger partial charge in [-0.05, 0) is 69.9 Å². The number of ether oxygens (including phenoxy) is 1. The first kappa shape index (κ1) is 22.8. The topological polar surface area (TPSA) is 95.0 Å². The summed E-state index contributed by atoms with van der Waals surface area (Å²) >= 11 is 0. The standard InChI is InChI=1S/C24H36N4O4/c1-3-14-32-23(31)26-18-15-17(2)21(25-16-18)27-11-8-24(9-12-27)10-13-28(22(24)30)19-4-6-20(29)7-5-19/h15-16,19-20,29H,3-14H2,1-2H3,(H,26,31). The monoisotopic (exact) mass is 444 g/mol. The molecule has 0 bridgehead atoms. The van der Waals surface area contributed by atoms with E-state index in [1.54, 1.807) is 6.20 Å². The molecule has 4 rings (SSSR count). The Balaban J connectivity index is 1.34. The van der Waals surface area contributed by atoms with Crippen molar-refractivity contribution < 1.29 is 19.4 Å². The lowest BCUT2D eigenvalue weighted by atomic mass is 9.77. The van der Waals surface area contributed by atoms with Crippen LogP contribution in [0.5, 0.6) is 0 Å². The summed E-state index contributed by atoms with van der Waals surface area (Å²) < 4.78 is 5.07. The number of anilines is 2. The van der Waals surface area contributed by atoms with E-state index in [-0.39, 0.29) is 11.5 Å². The summed E-state index contributed by atoms with van der Waals surface area (Å²) in [6.07, 6.45) is 7.89. The van der Waals surface area contributed by atoms with Crippen LogP contribution in [0.15, 0.2) is 12.3 Å². The zero-order valence-corrected chi connectivity index (χ0v) is 19.3. The van der Waals surface area contributed by atoms with Gasteiger partial charge in [-0.2, -0.15) is 0 Å². The maximum atomic E-state index is 13.4. The van der Waals surface area contributed by atoms with Gasteiger partial charge in [0.2, 0.25) is 5.91 Å². The summed E-state index contributed by atoms with van der Waals surface area (Å²) in [6, 6.07) is 2.22. The number of carbonyl (C=O) groups excluding carboxylic acids is 2. The molecule has 176 valence electrons. The van der Waals surface area contributed by atoms with Crippen LogP contribution in [0.3, 0.4) is 0 Å². The number of piperidine rings is 1. The number of carbonyl (C=O) groups is 2. The molecule has 1 spiro atoms. The van der Waals surface area contributed by atoms with Gasteiger partial charge in [0, 0.05) is 25.7 Å². The summed E-state index contributed by atoms with van der Waals surface area (Å²) in [5, 5.41) is 12.5. The van der Waals surface area contributed by atoms with Crippen LogP contribution in [0.1, 0.15) is 63.9 Å². The Morgan fingerprint density at radius 1 is 1.22 bits per heavy atom. The highest BCUT2D eigenvalue weighted by atomic mass is 16.5. The van der Waals surface area contributed by atoms with E-state index >= 15 is 0 Å². The molecule has 1 aromatic heterocycles. The second-order valence-corrected chi connectivity index (χ2v) is 9.60. The van der Waals surface area contributed by atoms with Crippen LogP contribution in [0.25, 0.3) is 0 Å². The van der Waals surface area contributed by atoms with Crippen LogP contribution < -0.4 is 10.2 Å². The zero-order valence-electron chi connectivity index (χ0n) is 19.3. The number of aromatic nitrogens is 1. The number of rotatable bonds is 5. The number of likely N-dealkylation sites (tertiary alicyclic amines) is 1. The fourth-order valence-electron chi connectivity index (χ4n) is 5.49. The van der Waals surface area contributed by atoms with E-state index < -0.39 is 6.09 Å². The summed E-state index contributed by atoms with van der Waals surface area (Å²) in [5.74, 6) is 1.24. The molecule has 8 nitrogen and oxygen atoms in total. The molecule has 32 heavy (non-hydrogen) atoms. The molecule has 1 aromatic rings. The molecule has 0 radical (unpaired) electrons. The molecule has 0 unspecified atom stereocenters. The number of amides is 2. The molecule has 0 atom stereocenters. The third-order valence-electron chi connectivity index (χ3n) is 7.41. The molecule has 2 saturated heterocycles. The van der Waals surface area contributed by atoms with Crippen molar-refractivity contribution in [3.63, 3.8) is 0 Å². The van der Waals surface area contributed by atoms with Gasteiger partial charge < -0.3 is 19.6 Å². The SMILES string of the molecule is CCCOC(=O)Nc1cnc(N2CCC3(CC2)CCN(C2CCC(O)CC2)C3=O)c(C)c1. The van der Waals surface area contributed by atoms with Gasteiger partial charge in [-0.3, -0.25) is 10.1 Å². The van der Waals surface area contributed by atoms with Crippen LogP contribution in [-0.4, -0.2) is 65.4 Å². The largest absolute Gasteiger partial charge is 0.449 e. The van der Waals surface area contributed by atoms with Gasteiger partial charge in [-0.15, -0.1) is 0 Å². The average molecular weight is 445 g/mol. The highest BCUT2D eigenvalue weighted by Gasteiger charge is 2.50. The number of nitrogens with one attached hydrogen (secondary N) is 1. The fraction of sp³-hybridized carbons (Fsp3) is 0.708. The smallest absolute Gasteiger partial charge is 0.411 e. The minimum atomic E-state index is -0.461. The molecule has 2 aliphatic heterocycles. The maximum Gasteiger partial charge on any atom is 0.411 e. The molecule has 3 fully saturated rings. The van der Waals surface area contributed by atoms with E-state index in [0.29, 0.717) is 24.2 Å². The molecular weight excluding hydrogens is 408 g/mol. The van der Waals surface area contributed by atoms with Crippen molar-refractivity contribution >= 4 is 23.5 Å². The summed E-state index contributed by atoms with van der Waals surface area (Å²) in [7, 11) is 0. The molecule has 2 amide bonds. The highest BCUT2D eigenvalue weighted by molar-refractivity contribution is 5.86. The number of aliphatic hydroxyl groups is 1. The molecule has 1 aliphatic carbocycles. The first-order valence-corrected chi connectivity index (χ1v) is 12.1. The number of pyridine rings is 1. The summed E-state index contributed by atoms with van der Waals surface area (Å²) in [5.41, 5.74) is 1.39. The van der Waals surface area contributed by atoms with Crippen LogP contribution in [0, 0.1) is 12.3 Å². The van der Waals surface area contributed by atoms with E-state index in [1.807, 2.05) is 19.9 Å². The minimum Gasteiger partial charge on any atom is -0.449 e. The molecule has 3 heterocycles. The Morgan fingerprint density at radius 3 is 2.56 bits per heavy atom. The van der Waals surface area contributed by atoms with Gasteiger partial charge in [0.05, 0.1) is 30.0 Å². The predicted molar refractivity (Wildman–Crippen MR) is 123 cm³/mol. The van der Waals surface area contributed by atoms with Gasteiger partial charge in [0.15, 0.2) is 0 Å². The molecular formula is C24H36N4O4. The van der Waals surface area contributed by atoms with E-state index in [4.69, 9.17) is 4.74 Å². The van der Waals surface area contributed by atoms with Crippen LogP contribution in [-0.2, 0) is 9.53 Å². The number of hydrogen-bond donors (Lipinski definition) is 2. The van der Waals surface area contributed by atoms with Crippen molar-refractivity contribution in [3.8, 4) is 0 Å². The van der Waals surface area contributed by atoms with E-state index in [9.17, 15) is 14.7 Å². The van der Waals surface area contributed by atoms with E-state index in [2.05, 4.69) is 20.1 Å². The second kappa shape index (κ2) is 9.65. The van der Waals surface area contributed by atoms with Gasteiger partial charge in [0.1, 0.15) is 5.82 Å². The lowest BCUT2D eigenvalue weighted by Gasteiger charge is -2.40. The quantitative estimate of drug-likeness (QED) is 0.722. The Labute approximate surface area is 190 Å². The number of hydrogen-bond acceptors (Lipinski definition) is 6. The van der Waals surface area contributed by atoms with Crippen LogP contribution >= 0.6 is 0 Å². The number of nitrogens with zero attached hydrogens (tertiary/aromatic N) is 3. The normalized spacial score (nSPS) is 25.3. The summed E-state index contributed by atoms with van der Waals surface area (Å²) in [6.45, 7) is 6.81. The van der Waals surface area contributed by atoms with Crippen molar-refractivity contribution in [2.45, 2.75) is 77.4 Å². The Morgan fingerprint density at radius 2 is 1.91 bits per heavy atom. The third-order valence-corrected chi connectivity index (χ3v) is 7.41. The predicted octanol–water partition coefficient (Wildman–Crippen LogP) is 3.47. The first-order valence-electron chi connectivity index (χ1n) is 12.1. The van der Waals surface area contributed by atoms with Crippen LogP contribution in [0.2, 0.25) is 0 Å². The third kappa shape index (κ3) is 4.70. The average Bonchev–Trinajstić information content (AvgIpc) is 3.09. The molecule has 1 saturated carbocycles. The fourth-order valence-corrected chi connectivity index (χ4v) is 5.49. The van der Waals surface area contributed by atoms with E-state index in [1.165, 1.54) is 0 Å². The number of aryl methyl sites for hydroxylation is 1.